The molecule has 6 heterocycles. The van der Waals surface area contributed by atoms with Crippen LogP contribution >= 0.6 is 0 Å². The standard InChI is InChI=1S/C51H35N7/c1-55-50(32-16-6-3-7-17-32)53-49(31-14-4-2-5-15-31)54-51(55)33-18-12-19-34(30-33)56-41-28-26-37-35-20-8-10-22-39(35)57-43-24-13-25-44(52-43)58-40-23-11-9-21-36(40)38-27-29-42(56)46(48(38)58)45(41)47(37)57/h2-30,50-51H,1H3,(H,53,54). The smallest absolute Gasteiger partial charge is 0.140 e. The lowest BCUT2D eigenvalue weighted by atomic mass is 10.0. The molecule has 0 fully saturated rings. The van der Waals surface area contributed by atoms with Gasteiger partial charge in [0, 0.05) is 43.6 Å². The van der Waals surface area contributed by atoms with E-state index in [0.717, 1.165) is 56.0 Å². The third kappa shape index (κ3) is 4.25. The maximum Gasteiger partial charge on any atom is 0.140 e. The van der Waals surface area contributed by atoms with Gasteiger partial charge in [0.15, 0.2) is 0 Å². The molecule has 2 atom stereocenters. The predicted molar refractivity (Wildman–Crippen MR) is 237 cm³/mol. The summed E-state index contributed by atoms with van der Waals surface area (Å²) in [5.74, 6) is 0.886. The van der Waals surface area contributed by atoms with Crippen molar-refractivity contribution in [1.29, 1.82) is 0 Å². The number of amidine groups is 1. The fourth-order valence-electron chi connectivity index (χ4n) is 9.97. The lowest BCUT2D eigenvalue weighted by molar-refractivity contribution is 0.152. The van der Waals surface area contributed by atoms with Crippen molar-refractivity contribution in [3.8, 4) is 5.69 Å². The second-order valence-corrected chi connectivity index (χ2v) is 15.5. The second-order valence-electron chi connectivity index (χ2n) is 15.5. The van der Waals surface area contributed by atoms with Crippen molar-refractivity contribution in [2.75, 3.05) is 7.05 Å². The molecular formula is C51H35N7. The van der Waals surface area contributed by atoms with Gasteiger partial charge in [0.1, 0.15) is 29.5 Å². The molecule has 7 heteroatoms. The summed E-state index contributed by atoms with van der Waals surface area (Å²) >= 11 is 0. The van der Waals surface area contributed by atoms with Gasteiger partial charge in [0.25, 0.3) is 0 Å². The van der Waals surface area contributed by atoms with Crippen LogP contribution in [-0.2, 0) is 0 Å². The van der Waals surface area contributed by atoms with E-state index in [0.29, 0.717) is 0 Å². The number of aromatic nitrogens is 4. The Morgan fingerprint density at radius 2 is 1.03 bits per heavy atom. The Labute approximate surface area is 332 Å². The lowest BCUT2D eigenvalue weighted by Gasteiger charge is -2.39. The highest BCUT2D eigenvalue weighted by molar-refractivity contribution is 6.33. The summed E-state index contributed by atoms with van der Waals surface area (Å²) in [7, 11) is 2.17. The Morgan fingerprint density at radius 1 is 0.483 bits per heavy atom. The minimum atomic E-state index is -0.236. The van der Waals surface area contributed by atoms with Crippen molar-refractivity contribution in [2.24, 2.45) is 4.99 Å². The molecular weight excluding hydrogens is 711 g/mol. The van der Waals surface area contributed by atoms with Crippen molar-refractivity contribution < 1.29 is 0 Å². The van der Waals surface area contributed by atoms with Crippen LogP contribution in [0.1, 0.15) is 29.0 Å². The molecule has 0 saturated carbocycles. The van der Waals surface area contributed by atoms with E-state index in [1.165, 1.54) is 48.9 Å². The summed E-state index contributed by atoms with van der Waals surface area (Å²) < 4.78 is 7.24. The van der Waals surface area contributed by atoms with Gasteiger partial charge in [-0.3, -0.25) is 13.7 Å². The third-order valence-corrected chi connectivity index (χ3v) is 12.4. The molecule has 0 spiro atoms. The molecule has 7 aromatic carbocycles. The first-order valence-corrected chi connectivity index (χ1v) is 19.9. The van der Waals surface area contributed by atoms with Gasteiger partial charge in [0.2, 0.25) is 0 Å². The first-order valence-electron chi connectivity index (χ1n) is 19.9. The number of rotatable bonds is 4. The quantitative estimate of drug-likeness (QED) is 0.195. The summed E-state index contributed by atoms with van der Waals surface area (Å²) in [6, 6.07) is 63.3. The van der Waals surface area contributed by atoms with Gasteiger partial charge in [-0.25, -0.2) is 9.98 Å². The topological polar surface area (TPSA) is 54.3 Å². The fourth-order valence-corrected chi connectivity index (χ4v) is 9.97. The first-order chi connectivity index (χ1) is 28.7. The van der Waals surface area contributed by atoms with Gasteiger partial charge in [-0.15, -0.1) is 0 Å². The number of hydrogen-bond acceptors (Lipinski definition) is 4. The highest BCUT2D eigenvalue weighted by Gasteiger charge is 2.32. The molecule has 7 nitrogen and oxygen atoms in total. The number of fused-ring (bicyclic) bond motifs is 10. The van der Waals surface area contributed by atoms with Crippen LogP contribution in [0.2, 0.25) is 0 Å². The Balaban J connectivity index is 1.14. The molecule has 1 aliphatic heterocycles. The van der Waals surface area contributed by atoms with E-state index in [9.17, 15) is 0 Å². The first kappa shape index (κ1) is 31.7. The minimum absolute atomic E-state index is 0.0718. The van der Waals surface area contributed by atoms with Gasteiger partial charge in [0.05, 0.1) is 33.1 Å². The van der Waals surface area contributed by atoms with Crippen LogP contribution < -0.4 is 5.32 Å². The Morgan fingerprint density at radius 3 is 1.67 bits per heavy atom. The van der Waals surface area contributed by atoms with Crippen molar-refractivity contribution in [3.05, 3.63) is 193 Å². The van der Waals surface area contributed by atoms with E-state index in [4.69, 9.17) is 9.98 Å². The van der Waals surface area contributed by atoms with Crippen LogP contribution in [-0.4, -0.2) is 36.1 Å². The minimum Gasteiger partial charge on any atom is -0.350 e. The number of nitrogens with zero attached hydrogens (tertiary/aromatic N) is 6. The molecule has 5 aromatic heterocycles. The fraction of sp³-hybridized carbons (Fsp3) is 0.0588. The van der Waals surface area contributed by atoms with E-state index in [-0.39, 0.29) is 12.3 Å². The average molecular weight is 746 g/mol. The normalized spacial score (nSPS) is 16.5. The number of para-hydroxylation sites is 2. The maximum absolute atomic E-state index is 5.43. The van der Waals surface area contributed by atoms with Gasteiger partial charge >= 0.3 is 0 Å². The summed E-state index contributed by atoms with van der Waals surface area (Å²) in [5, 5.41) is 11.1. The number of pyridine rings is 1. The molecule has 1 N–H and O–H groups in total. The lowest BCUT2D eigenvalue weighted by Crippen LogP contribution is -2.45. The molecule has 0 saturated heterocycles. The molecule has 12 aromatic rings. The van der Waals surface area contributed by atoms with E-state index < -0.39 is 0 Å². The maximum atomic E-state index is 5.43. The number of aliphatic imine (C=N–C) groups is 1. The van der Waals surface area contributed by atoms with Gasteiger partial charge in [-0.05, 0) is 66.7 Å². The van der Waals surface area contributed by atoms with E-state index in [1.54, 1.807) is 0 Å². The molecule has 274 valence electrons. The van der Waals surface area contributed by atoms with Crippen molar-refractivity contribution >= 4 is 82.5 Å². The predicted octanol–water partition coefficient (Wildman–Crippen LogP) is 11.4. The molecule has 0 aliphatic carbocycles. The average Bonchev–Trinajstić information content (AvgIpc) is 3.93. The summed E-state index contributed by atoms with van der Waals surface area (Å²) in [4.78, 5) is 13.2. The summed E-state index contributed by atoms with van der Waals surface area (Å²) in [5.41, 5.74) is 13.2. The Bertz CT molecular complexity index is 3470. The zero-order chi connectivity index (χ0) is 38.1. The van der Waals surface area contributed by atoms with Gasteiger partial charge in [-0.2, -0.15) is 0 Å². The van der Waals surface area contributed by atoms with Crippen molar-refractivity contribution in [2.45, 2.75) is 12.3 Å². The van der Waals surface area contributed by atoms with Crippen LogP contribution in [0.5, 0.6) is 0 Å². The molecule has 0 radical (unpaired) electrons. The van der Waals surface area contributed by atoms with Crippen molar-refractivity contribution in [3.63, 3.8) is 0 Å². The van der Waals surface area contributed by atoms with Crippen LogP contribution in [0.4, 0.5) is 0 Å². The number of hydrogen-bond donors (Lipinski definition) is 1. The van der Waals surface area contributed by atoms with Gasteiger partial charge in [-0.1, -0.05) is 127 Å². The van der Waals surface area contributed by atoms with E-state index >= 15 is 0 Å². The monoisotopic (exact) mass is 745 g/mol. The third-order valence-electron chi connectivity index (χ3n) is 12.4. The van der Waals surface area contributed by atoms with E-state index in [1.807, 2.05) is 0 Å². The summed E-state index contributed by atoms with van der Waals surface area (Å²) in [6.07, 6.45) is -0.308. The van der Waals surface area contributed by atoms with Crippen LogP contribution in [0, 0.1) is 0 Å². The zero-order valence-corrected chi connectivity index (χ0v) is 31.6. The molecule has 13 rings (SSSR count). The zero-order valence-electron chi connectivity index (χ0n) is 31.6. The molecule has 2 unspecified atom stereocenters. The van der Waals surface area contributed by atoms with Crippen LogP contribution in [0.15, 0.2) is 181 Å². The van der Waals surface area contributed by atoms with Gasteiger partial charge < -0.3 is 9.88 Å². The Kier molecular flexibility index (Phi) is 6.43. The highest BCUT2D eigenvalue weighted by Crippen LogP contribution is 2.46. The molecule has 1 aliphatic rings. The largest absolute Gasteiger partial charge is 0.350 e. The second kappa shape index (κ2) is 11.8. The van der Waals surface area contributed by atoms with Crippen LogP contribution in [0.25, 0.3) is 82.4 Å². The Hall–Kier alpha value is -7.48. The number of benzene rings is 7. The van der Waals surface area contributed by atoms with E-state index in [2.05, 4.69) is 207 Å². The molecule has 0 amide bonds. The number of nitrogens with one attached hydrogen (secondary N) is 1. The van der Waals surface area contributed by atoms with Crippen molar-refractivity contribution in [1.82, 2.24) is 28.6 Å². The summed E-state index contributed by atoms with van der Waals surface area (Å²) in [6.45, 7) is 0. The highest BCUT2D eigenvalue weighted by atomic mass is 15.4. The molecule has 2 bridgehead atoms. The molecule has 58 heavy (non-hydrogen) atoms. The SMILES string of the molecule is CN1C(c2cccc(-n3c4ccc5c6ccccc6n6c7cccc(n7)n7c8ccccc8c8ccc3c(c4c56)c87)c2)N=C(c2ccccc2)NC1c1ccccc1. The van der Waals surface area contributed by atoms with Crippen LogP contribution in [0.3, 0.4) is 0 Å².